The van der Waals surface area contributed by atoms with Crippen LogP contribution in [0.1, 0.15) is 10.7 Å². The molecule has 13 heavy (non-hydrogen) atoms. The highest BCUT2D eigenvalue weighted by Crippen LogP contribution is 2.14. The Balaban J connectivity index is 1.93. The van der Waals surface area contributed by atoms with Crippen LogP contribution in [0, 0.1) is 6.92 Å². The third-order valence-corrected chi connectivity index (χ3v) is 2.23. The fourth-order valence-corrected chi connectivity index (χ4v) is 1.45. The zero-order valence-electron chi connectivity index (χ0n) is 7.02. The van der Waals surface area contributed by atoms with Gasteiger partial charge in [0.15, 0.2) is 0 Å². The minimum Gasteiger partial charge on any atom is -0.364 e. The van der Waals surface area contributed by atoms with Crippen LogP contribution in [-0.4, -0.2) is 15.4 Å². The summed E-state index contributed by atoms with van der Waals surface area (Å²) in [7, 11) is 0. The van der Waals surface area contributed by atoms with Crippen LogP contribution in [0.15, 0.2) is 16.9 Å². The van der Waals surface area contributed by atoms with Crippen molar-refractivity contribution in [2.75, 3.05) is 5.32 Å². The fraction of sp³-hybridized carbons (Fsp3) is 0.286. The lowest BCUT2D eigenvalue weighted by Gasteiger charge is -1.95. The molecule has 2 rings (SSSR count). The van der Waals surface area contributed by atoms with Crippen molar-refractivity contribution in [3.8, 4) is 0 Å². The van der Waals surface area contributed by atoms with Crippen LogP contribution in [0.5, 0.6) is 0 Å². The van der Waals surface area contributed by atoms with Crippen LogP contribution in [0.2, 0.25) is 0 Å². The molecule has 2 aromatic rings. The van der Waals surface area contributed by atoms with Gasteiger partial charge in [0.05, 0.1) is 6.54 Å². The third-order valence-electron chi connectivity index (χ3n) is 1.44. The molecule has 5 nitrogen and oxygen atoms in total. The zero-order chi connectivity index (χ0) is 9.10. The maximum absolute atomic E-state index is 4.69. The maximum atomic E-state index is 4.69. The molecular weight excluding hydrogens is 188 g/mol. The Morgan fingerprint density at radius 3 is 3.08 bits per heavy atom. The van der Waals surface area contributed by atoms with E-state index in [0.717, 1.165) is 15.8 Å². The summed E-state index contributed by atoms with van der Waals surface area (Å²) in [4.78, 5) is 0. The predicted octanol–water partition coefficient (Wildman–Crippen LogP) is 1.45. The molecule has 0 bridgehead atoms. The molecule has 0 saturated heterocycles. The number of hydrogen-bond acceptors (Lipinski definition) is 6. The van der Waals surface area contributed by atoms with Gasteiger partial charge in [-0.2, -0.15) is 0 Å². The number of anilines is 1. The first-order chi connectivity index (χ1) is 6.34. The van der Waals surface area contributed by atoms with Gasteiger partial charge in [0.1, 0.15) is 17.0 Å². The summed E-state index contributed by atoms with van der Waals surface area (Å²) in [5.41, 5.74) is 0.854. The van der Waals surface area contributed by atoms with Crippen molar-refractivity contribution < 1.29 is 4.52 Å². The van der Waals surface area contributed by atoms with Crippen LogP contribution in [-0.2, 0) is 6.54 Å². The van der Waals surface area contributed by atoms with Crippen molar-refractivity contribution in [2.45, 2.75) is 13.5 Å². The van der Waals surface area contributed by atoms with E-state index in [2.05, 4.69) is 25.2 Å². The second kappa shape index (κ2) is 3.53. The number of aryl methyl sites for hydroxylation is 1. The van der Waals surface area contributed by atoms with Crippen LogP contribution >= 0.6 is 11.3 Å². The molecule has 0 unspecified atom stereocenters. The van der Waals surface area contributed by atoms with Gasteiger partial charge in [-0.3, -0.25) is 0 Å². The van der Waals surface area contributed by atoms with Crippen molar-refractivity contribution in [3.05, 3.63) is 23.0 Å². The minimum absolute atomic E-state index is 0.616. The Labute approximate surface area is 78.8 Å². The molecule has 0 atom stereocenters. The molecule has 2 heterocycles. The molecule has 0 aromatic carbocycles. The van der Waals surface area contributed by atoms with E-state index in [-0.39, 0.29) is 0 Å². The average Bonchev–Trinajstić information content (AvgIpc) is 2.71. The van der Waals surface area contributed by atoms with E-state index >= 15 is 0 Å². The first-order valence-corrected chi connectivity index (χ1v) is 4.59. The lowest BCUT2D eigenvalue weighted by Crippen LogP contribution is -1.98. The monoisotopic (exact) mass is 196 g/mol. The average molecular weight is 196 g/mol. The summed E-state index contributed by atoms with van der Waals surface area (Å²) in [6, 6.07) is 1.81. The van der Waals surface area contributed by atoms with Crippen LogP contribution in [0.4, 0.5) is 5.13 Å². The predicted molar refractivity (Wildman–Crippen MR) is 48.5 cm³/mol. The Hall–Kier alpha value is -1.43. The lowest BCUT2D eigenvalue weighted by atomic mass is 10.4. The van der Waals surface area contributed by atoms with Gasteiger partial charge in [-0.1, -0.05) is 16.5 Å². The number of nitrogens with zero attached hydrogens (tertiary/aromatic N) is 3. The van der Waals surface area contributed by atoms with E-state index in [1.807, 2.05) is 6.92 Å². The van der Waals surface area contributed by atoms with E-state index in [0.29, 0.717) is 6.54 Å². The molecule has 0 fully saturated rings. The highest BCUT2D eigenvalue weighted by molar-refractivity contribution is 7.15. The summed E-state index contributed by atoms with van der Waals surface area (Å²) >= 11 is 1.52. The van der Waals surface area contributed by atoms with Crippen LogP contribution in [0.25, 0.3) is 0 Å². The third kappa shape index (κ3) is 2.03. The first-order valence-electron chi connectivity index (χ1n) is 3.78. The quantitative estimate of drug-likeness (QED) is 0.804. The second-order valence-corrected chi connectivity index (χ2v) is 3.65. The van der Waals surface area contributed by atoms with Crippen molar-refractivity contribution in [2.24, 2.45) is 0 Å². The molecule has 6 heteroatoms. The lowest BCUT2D eigenvalue weighted by molar-refractivity contribution is 0.412. The molecule has 0 radical (unpaired) electrons. The molecule has 0 aliphatic rings. The van der Waals surface area contributed by atoms with Crippen molar-refractivity contribution in [1.82, 2.24) is 15.4 Å². The van der Waals surface area contributed by atoms with Gasteiger partial charge in [0.2, 0.25) is 5.13 Å². The summed E-state index contributed by atoms with van der Waals surface area (Å²) in [6.07, 6.45) is 1.54. The van der Waals surface area contributed by atoms with E-state index in [1.54, 1.807) is 12.3 Å². The normalized spacial score (nSPS) is 10.2. The minimum atomic E-state index is 0.616. The number of nitrogens with one attached hydrogen (secondary N) is 1. The Kier molecular flexibility index (Phi) is 2.22. The summed E-state index contributed by atoms with van der Waals surface area (Å²) in [6.45, 7) is 2.53. The SMILES string of the molecule is Cc1nnc(NCc2ccon2)s1. The smallest absolute Gasteiger partial charge is 0.205 e. The molecule has 0 amide bonds. The fourth-order valence-electron chi connectivity index (χ4n) is 0.863. The summed E-state index contributed by atoms with van der Waals surface area (Å²) < 4.78 is 4.69. The van der Waals surface area contributed by atoms with Gasteiger partial charge < -0.3 is 9.84 Å². The maximum Gasteiger partial charge on any atom is 0.205 e. The van der Waals surface area contributed by atoms with Crippen molar-refractivity contribution in [1.29, 1.82) is 0 Å². The van der Waals surface area contributed by atoms with Gasteiger partial charge in [-0.05, 0) is 6.92 Å². The molecule has 1 N–H and O–H groups in total. The largest absolute Gasteiger partial charge is 0.364 e. The highest BCUT2D eigenvalue weighted by atomic mass is 32.1. The van der Waals surface area contributed by atoms with Crippen molar-refractivity contribution >= 4 is 16.5 Å². The van der Waals surface area contributed by atoms with Crippen LogP contribution < -0.4 is 5.32 Å². The van der Waals surface area contributed by atoms with Gasteiger partial charge in [0, 0.05) is 6.07 Å². The number of aromatic nitrogens is 3. The van der Waals surface area contributed by atoms with Crippen LogP contribution in [0.3, 0.4) is 0 Å². The Morgan fingerprint density at radius 2 is 2.46 bits per heavy atom. The second-order valence-electron chi connectivity index (χ2n) is 2.47. The Morgan fingerprint density at radius 1 is 1.54 bits per heavy atom. The van der Waals surface area contributed by atoms with Crippen molar-refractivity contribution in [3.63, 3.8) is 0 Å². The molecule has 68 valence electrons. The Bertz CT molecular complexity index is 370. The van der Waals surface area contributed by atoms with E-state index in [4.69, 9.17) is 0 Å². The zero-order valence-corrected chi connectivity index (χ0v) is 7.84. The molecule has 0 spiro atoms. The van der Waals surface area contributed by atoms with Gasteiger partial charge in [0.25, 0.3) is 0 Å². The van der Waals surface area contributed by atoms with E-state index in [9.17, 15) is 0 Å². The van der Waals surface area contributed by atoms with E-state index < -0.39 is 0 Å². The molecule has 0 aliphatic heterocycles. The highest BCUT2D eigenvalue weighted by Gasteiger charge is 2.00. The topological polar surface area (TPSA) is 63.8 Å². The first kappa shape index (κ1) is 8.18. The van der Waals surface area contributed by atoms with Gasteiger partial charge >= 0.3 is 0 Å². The molecule has 0 aliphatic carbocycles. The summed E-state index contributed by atoms with van der Waals surface area (Å²) in [5, 5.41) is 16.4. The summed E-state index contributed by atoms with van der Waals surface area (Å²) in [5.74, 6) is 0. The molecular formula is C7H8N4OS. The van der Waals surface area contributed by atoms with Gasteiger partial charge in [-0.25, -0.2) is 0 Å². The molecule has 0 saturated carbocycles. The number of rotatable bonds is 3. The van der Waals surface area contributed by atoms with Gasteiger partial charge in [-0.15, -0.1) is 10.2 Å². The number of hydrogen-bond donors (Lipinski definition) is 1. The van der Waals surface area contributed by atoms with E-state index in [1.165, 1.54) is 11.3 Å². The molecule has 2 aromatic heterocycles. The standard InChI is InChI=1S/C7H8N4OS/c1-5-9-10-7(13-5)8-4-6-2-3-12-11-6/h2-3H,4H2,1H3,(H,8,10).